The summed E-state index contributed by atoms with van der Waals surface area (Å²) in [6.07, 6.45) is 4.05. The van der Waals surface area contributed by atoms with E-state index in [1.54, 1.807) is 4.90 Å². The van der Waals surface area contributed by atoms with E-state index in [2.05, 4.69) is 5.32 Å². The van der Waals surface area contributed by atoms with Gasteiger partial charge in [0.25, 0.3) is 0 Å². The minimum Gasteiger partial charge on any atom is -0.494 e. The number of carbonyl (C=O) groups excluding carboxylic acids is 2. The van der Waals surface area contributed by atoms with E-state index in [1.165, 1.54) is 0 Å². The first-order valence-corrected chi connectivity index (χ1v) is 8.94. The fourth-order valence-corrected chi connectivity index (χ4v) is 3.08. The molecular weight excluding hydrogens is 304 g/mol. The van der Waals surface area contributed by atoms with Gasteiger partial charge in [0.2, 0.25) is 11.8 Å². The largest absolute Gasteiger partial charge is 0.494 e. The summed E-state index contributed by atoms with van der Waals surface area (Å²) >= 11 is 0. The quantitative estimate of drug-likeness (QED) is 0.835. The summed E-state index contributed by atoms with van der Waals surface area (Å²) in [5, 5.41) is 2.98. The maximum Gasteiger partial charge on any atom is 0.243 e. The van der Waals surface area contributed by atoms with Crippen LogP contribution >= 0.6 is 0 Å². The fraction of sp³-hybridized carbons (Fsp3) is 0.579. The minimum absolute atomic E-state index is 0.0547. The van der Waals surface area contributed by atoms with Crippen molar-refractivity contribution >= 4 is 11.8 Å². The van der Waals surface area contributed by atoms with E-state index in [-0.39, 0.29) is 17.9 Å². The smallest absolute Gasteiger partial charge is 0.243 e. The van der Waals surface area contributed by atoms with Gasteiger partial charge in [-0.3, -0.25) is 9.59 Å². The maximum atomic E-state index is 12.6. The van der Waals surface area contributed by atoms with Crippen molar-refractivity contribution in [3.63, 3.8) is 0 Å². The van der Waals surface area contributed by atoms with E-state index in [1.807, 2.05) is 38.1 Å². The molecule has 0 radical (unpaired) electrons. The van der Waals surface area contributed by atoms with Crippen LogP contribution in [-0.4, -0.2) is 35.9 Å². The van der Waals surface area contributed by atoms with Crippen molar-refractivity contribution in [3.05, 3.63) is 29.8 Å². The van der Waals surface area contributed by atoms with Crippen LogP contribution in [0.4, 0.5) is 0 Å². The Balaban J connectivity index is 1.94. The Kier molecular flexibility index (Phi) is 7.09. The number of hydrogen-bond acceptors (Lipinski definition) is 3. The lowest BCUT2D eigenvalue weighted by molar-refractivity contribution is -0.142. The third kappa shape index (κ3) is 4.98. The lowest BCUT2D eigenvalue weighted by Gasteiger charge is -2.34. The van der Waals surface area contributed by atoms with Crippen molar-refractivity contribution in [1.82, 2.24) is 10.2 Å². The van der Waals surface area contributed by atoms with Gasteiger partial charge in [-0.25, -0.2) is 0 Å². The maximum absolute atomic E-state index is 12.6. The molecule has 0 aliphatic carbocycles. The lowest BCUT2D eigenvalue weighted by atomic mass is 10.0. The van der Waals surface area contributed by atoms with Crippen molar-refractivity contribution in [2.24, 2.45) is 0 Å². The molecule has 1 unspecified atom stereocenters. The number of carbonyl (C=O) groups is 2. The van der Waals surface area contributed by atoms with Crippen molar-refractivity contribution in [2.45, 2.75) is 58.5 Å². The Morgan fingerprint density at radius 1 is 1.29 bits per heavy atom. The zero-order chi connectivity index (χ0) is 17.4. The predicted octanol–water partition coefficient (Wildman–Crippen LogP) is 2.88. The first-order valence-electron chi connectivity index (χ1n) is 8.94. The van der Waals surface area contributed by atoms with E-state index >= 15 is 0 Å². The minimum atomic E-state index is -0.326. The second-order valence-corrected chi connectivity index (χ2v) is 6.15. The van der Waals surface area contributed by atoms with Crippen LogP contribution in [0, 0.1) is 0 Å². The van der Waals surface area contributed by atoms with E-state index in [9.17, 15) is 9.59 Å². The Morgan fingerprint density at radius 2 is 2.12 bits per heavy atom. The van der Waals surface area contributed by atoms with E-state index in [0.29, 0.717) is 26.1 Å². The average Bonchev–Trinajstić information content (AvgIpc) is 2.60. The molecule has 2 amide bonds. The number of likely N-dealkylation sites (tertiary alicyclic amines) is 1. The zero-order valence-electron chi connectivity index (χ0n) is 14.7. The van der Waals surface area contributed by atoms with Crippen molar-refractivity contribution in [2.75, 3.05) is 13.2 Å². The fourth-order valence-electron chi connectivity index (χ4n) is 3.08. The van der Waals surface area contributed by atoms with Gasteiger partial charge in [-0.1, -0.05) is 19.1 Å². The van der Waals surface area contributed by atoms with Gasteiger partial charge in [-0.05, 0) is 50.3 Å². The Morgan fingerprint density at radius 3 is 2.88 bits per heavy atom. The summed E-state index contributed by atoms with van der Waals surface area (Å²) in [4.78, 5) is 26.6. The molecule has 1 aromatic carbocycles. The van der Waals surface area contributed by atoms with Crippen molar-refractivity contribution < 1.29 is 14.3 Å². The molecule has 1 aliphatic rings. The highest BCUT2D eigenvalue weighted by Gasteiger charge is 2.31. The molecule has 1 aliphatic heterocycles. The molecule has 0 saturated carbocycles. The summed E-state index contributed by atoms with van der Waals surface area (Å²) < 4.78 is 5.48. The van der Waals surface area contributed by atoms with Gasteiger partial charge in [-0.15, -0.1) is 0 Å². The molecule has 0 spiro atoms. The SMILES string of the molecule is CCCC(=O)N1CCCCC1C(=O)NCc1cccc(OCC)c1. The Labute approximate surface area is 144 Å². The molecule has 0 bridgehead atoms. The number of rotatable bonds is 7. The zero-order valence-corrected chi connectivity index (χ0v) is 14.7. The van der Waals surface area contributed by atoms with Crippen LogP contribution in [0.3, 0.4) is 0 Å². The molecular formula is C19H28N2O3. The van der Waals surface area contributed by atoms with Gasteiger partial charge >= 0.3 is 0 Å². The third-order valence-corrected chi connectivity index (χ3v) is 4.27. The molecule has 0 aromatic heterocycles. The number of nitrogens with zero attached hydrogens (tertiary/aromatic N) is 1. The second kappa shape index (κ2) is 9.30. The van der Waals surface area contributed by atoms with Crippen LogP contribution in [0.1, 0.15) is 51.5 Å². The summed E-state index contributed by atoms with van der Waals surface area (Å²) in [6.45, 7) is 5.69. The molecule has 2 rings (SSSR count). The molecule has 1 saturated heterocycles. The van der Waals surface area contributed by atoms with E-state index < -0.39 is 0 Å². The molecule has 1 N–H and O–H groups in total. The standard InChI is InChI=1S/C19H28N2O3/c1-3-8-18(22)21-12-6-5-11-17(21)19(23)20-14-15-9-7-10-16(13-15)24-4-2/h7,9-10,13,17H,3-6,8,11-12,14H2,1-2H3,(H,20,23). The van der Waals surface area contributed by atoms with Crippen LogP contribution in [0.5, 0.6) is 5.75 Å². The molecule has 1 atom stereocenters. The first kappa shape index (κ1) is 18.3. The predicted molar refractivity (Wildman–Crippen MR) is 93.7 cm³/mol. The van der Waals surface area contributed by atoms with Crippen LogP contribution in [0.2, 0.25) is 0 Å². The summed E-state index contributed by atoms with van der Waals surface area (Å²) in [5.74, 6) is 0.846. The summed E-state index contributed by atoms with van der Waals surface area (Å²) in [5.41, 5.74) is 0.997. The molecule has 5 heteroatoms. The summed E-state index contributed by atoms with van der Waals surface area (Å²) in [7, 11) is 0. The lowest BCUT2D eigenvalue weighted by Crippen LogP contribution is -2.51. The number of benzene rings is 1. The van der Waals surface area contributed by atoms with Gasteiger partial charge in [-0.2, -0.15) is 0 Å². The molecule has 1 fully saturated rings. The highest BCUT2D eigenvalue weighted by molar-refractivity contribution is 5.87. The number of nitrogens with one attached hydrogen (secondary N) is 1. The number of hydrogen-bond donors (Lipinski definition) is 1. The van der Waals surface area contributed by atoms with E-state index in [0.717, 1.165) is 37.0 Å². The molecule has 24 heavy (non-hydrogen) atoms. The molecule has 132 valence electrons. The van der Waals surface area contributed by atoms with Crippen molar-refractivity contribution in [1.29, 1.82) is 0 Å². The Hall–Kier alpha value is -2.04. The Bertz CT molecular complexity index is 559. The molecule has 5 nitrogen and oxygen atoms in total. The van der Waals surface area contributed by atoms with Crippen LogP contribution in [-0.2, 0) is 16.1 Å². The summed E-state index contributed by atoms with van der Waals surface area (Å²) in [6, 6.07) is 7.40. The number of piperidine rings is 1. The van der Waals surface area contributed by atoms with Crippen LogP contribution in [0.15, 0.2) is 24.3 Å². The van der Waals surface area contributed by atoms with Gasteiger partial charge in [0.05, 0.1) is 6.61 Å². The topological polar surface area (TPSA) is 58.6 Å². The van der Waals surface area contributed by atoms with E-state index in [4.69, 9.17) is 4.74 Å². The monoisotopic (exact) mass is 332 g/mol. The van der Waals surface area contributed by atoms with Gasteiger partial charge < -0.3 is 15.0 Å². The van der Waals surface area contributed by atoms with Crippen molar-refractivity contribution in [3.8, 4) is 5.75 Å². The van der Waals surface area contributed by atoms with Crippen LogP contribution in [0.25, 0.3) is 0 Å². The molecule has 1 heterocycles. The number of ether oxygens (including phenoxy) is 1. The highest BCUT2D eigenvalue weighted by atomic mass is 16.5. The highest BCUT2D eigenvalue weighted by Crippen LogP contribution is 2.19. The van der Waals surface area contributed by atoms with Gasteiger partial charge in [0, 0.05) is 19.5 Å². The normalized spacial score (nSPS) is 17.4. The third-order valence-electron chi connectivity index (χ3n) is 4.27. The molecule has 1 aromatic rings. The first-order chi connectivity index (χ1) is 11.7. The van der Waals surface area contributed by atoms with Gasteiger partial charge in [0.1, 0.15) is 11.8 Å². The van der Waals surface area contributed by atoms with Crippen LogP contribution < -0.4 is 10.1 Å². The average molecular weight is 332 g/mol. The van der Waals surface area contributed by atoms with Gasteiger partial charge in [0.15, 0.2) is 0 Å². The number of amides is 2. The second-order valence-electron chi connectivity index (χ2n) is 6.15.